The average molecular weight is 397 g/mol. The molecule has 3 heteroatoms. The average Bonchev–Trinajstić information content (AvgIpc) is 3.53. The highest BCUT2D eigenvalue weighted by Crippen LogP contribution is 2.59. The van der Waals surface area contributed by atoms with Gasteiger partial charge in [-0.05, 0) is 43.9 Å². The number of carbonyl (C=O) groups excluding carboxylic acids is 1. The van der Waals surface area contributed by atoms with Crippen LogP contribution in [-0.2, 0) is 10.2 Å². The van der Waals surface area contributed by atoms with Crippen LogP contribution in [0.4, 0.5) is 0 Å². The Labute approximate surface area is 178 Å². The van der Waals surface area contributed by atoms with Gasteiger partial charge in [-0.3, -0.25) is 15.6 Å². The van der Waals surface area contributed by atoms with Crippen LogP contribution in [0.25, 0.3) is 5.70 Å². The van der Waals surface area contributed by atoms with Gasteiger partial charge >= 0.3 is 0 Å². The first-order chi connectivity index (χ1) is 14.5. The molecule has 0 bridgehead atoms. The molecule has 0 aliphatic heterocycles. The molecule has 3 nitrogen and oxygen atoms in total. The third kappa shape index (κ3) is 3.76. The molecule has 30 heavy (non-hydrogen) atoms. The predicted octanol–water partition coefficient (Wildman–Crippen LogP) is 5.29. The molecule has 152 valence electrons. The van der Waals surface area contributed by atoms with Crippen molar-refractivity contribution in [3.05, 3.63) is 113 Å². The first-order valence-electron chi connectivity index (χ1n) is 10.5. The standard InChI is InChI=1S/C27H28N2O/c1-4-25(21-8-6-5-7-9-21)28-29-26(30)24-18-27(24,22-14-10-19(2)11-15-22)23-16-12-20(3)13-17-23/h4-17,24,28H,18H2,1-3H3,(H,29,30). The summed E-state index contributed by atoms with van der Waals surface area (Å²) >= 11 is 0. The van der Waals surface area contributed by atoms with E-state index in [0.29, 0.717) is 0 Å². The number of benzene rings is 3. The number of nitrogens with one attached hydrogen (secondary N) is 2. The molecule has 4 rings (SSSR count). The number of aryl methyl sites for hydroxylation is 2. The van der Waals surface area contributed by atoms with E-state index < -0.39 is 0 Å². The van der Waals surface area contributed by atoms with Gasteiger partial charge in [-0.15, -0.1) is 0 Å². The summed E-state index contributed by atoms with van der Waals surface area (Å²) in [5, 5.41) is 0. The van der Waals surface area contributed by atoms with Crippen LogP contribution in [-0.4, -0.2) is 5.91 Å². The highest BCUT2D eigenvalue weighted by atomic mass is 16.2. The largest absolute Gasteiger partial charge is 0.298 e. The van der Waals surface area contributed by atoms with Gasteiger partial charge in [0.1, 0.15) is 0 Å². The van der Waals surface area contributed by atoms with Gasteiger partial charge in [-0.25, -0.2) is 0 Å². The maximum atomic E-state index is 13.2. The molecule has 1 fully saturated rings. The number of hydrazine groups is 1. The predicted molar refractivity (Wildman–Crippen MR) is 123 cm³/mol. The van der Waals surface area contributed by atoms with Crippen LogP contribution in [0.15, 0.2) is 84.9 Å². The Kier molecular flexibility index (Phi) is 5.45. The van der Waals surface area contributed by atoms with E-state index in [1.165, 1.54) is 22.3 Å². The van der Waals surface area contributed by atoms with Crippen LogP contribution >= 0.6 is 0 Å². The minimum Gasteiger partial charge on any atom is -0.298 e. The van der Waals surface area contributed by atoms with Crippen molar-refractivity contribution in [2.45, 2.75) is 32.6 Å². The first-order valence-corrected chi connectivity index (χ1v) is 10.5. The summed E-state index contributed by atoms with van der Waals surface area (Å²) in [5.74, 6) is -0.0873. The molecular weight excluding hydrogens is 368 g/mol. The van der Waals surface area contributed by atoms with E-state index in [-0.39, 0.29) is 17.2 Å². The Morgan fingerprint density at radius 1 is 0.833 bits per heavy atom. The van der Waals surface area contributed by atoms with Gasteiger partial charge in [-0.1, -0.05) is 96.1 Å². The van der Waals surface area contributed by atoms with Gasteiger partial charge in [0.05, 0.1) is 11.6 Å². The van der Waals surface area contributed by atoms with Crippen molar-refractivity contribution >= 4 is 11.6 Å². The third-order valence-corrected chi connectivity index (χ3v) is 6.10. The van der Waals surface area contributed by atoms with Crippen LogP contribution in [0.2, 0.25) is 0 Å². The molecular formula is C27H28N2O. The molecule has 1 aliphatic rings. The second-order valence-electron chi connectivity index (χ2n) is 8.14. The molecule has 1 saturated carbocycles. The molecule has 1 aliphatic carbocycles. The fourth-order valence-electron chi connectivity index (χ4n) is 4.23. The quantitative estimate of drug-likeness (QED) is 0.556. The normalized spacial score (nSPS) is 17.3. The number of hydrogen-bond donors (Lipinski definition) is 2. The lowest BCUT2D eigenvalue weighted by atomic mass is 9.85. The summed E-state index contributed by atoms with van der Waals surface area (Å²) in [5.41, 5.74) is 12.6. The van der Waals surface area contributed by atoms with E-state index in [4.69, 9.17) is 0 Å². The van der Waals surface area contributed by atoms with Gasteiger partial charge < -0.3 is 0 Å². The van der Waals surface area contributed by atoms with Crippen LogP contribution in [0, 0.1) is 19.8 Å². The summed E-state index contributed by atoms with van der Waals surface area (Å²) < 4.78 is 0. The zero-order valence-corrected chi connectivity index (χ0v) is 17.8. The van der Waals surface area contributed by atoms with Crippen LogP contribution in [0.1, 0.15) is 41.2 Å². The van der Waals surface area contributed by atoms with E-state index in [1.807, 2.05) is 43.3 Å². The summed E-state index contributed by atoms with van der Waals surface area (Å²) in [6, 6.07) is 27.2. The van der Waals surface area contributed by atoms with Gasteiger partial charge in [0, 0.05) is 5.41 Å². The van der Waals surface area contributed by atoms with Gasteiger partial charge in [0.25, 0.3) is 0 Å². The maximum Gasteiger partial charge on any atom is 0.242 e. The smallest absolute Gasteiger partial charge is 0.242 e. The number of rotatable bonds is 6. The van der Waals surface area contributed by atoms with E-state index in [0.717, 1.165) is 17.7 Å². The van der Waals surface area contributed by atoms with Gasteiger partial charge in [-0.2, -0.15) is 0 Å². The summed E-state index contributed by atoms with van der Waals surface area (Å²) in [6.45, 7) is 6.14. The molecule has 0 saturated heterocycles. The Morgan fingerprint density at radius 3 is 1.87 bits per heavy atom. The second kappa shape index (κ2) is 8.19. The molecule has 0 spiro atoms. The minimum absolute atomic E-state index is 0.0198. The maximum absolute atomic E-state index is 13.2. The lowest BCUT2D eigenvalue weighted by Gasteiger charge is -2.20. The molecule has 0 aromatic heterocycles. The number of carbonyl (C=O) groups is 1. The molecule has 0 heterocycles. The van der Waals surface area contributed by atoms with Crippen molar-refractivity contribution < 1.29 is 4.79 Å². The van der Waals surface area contributed by atoms with Crippen molar-refractivity contribution in [1.82, 2.24) is 10.9 Å². The molecule has 2 N–H and O–H groups in total. The van der Waals surface area contributed by atoms with Crippen molar-refractivity contribution in [3.63, 3.8) is 0 Å². The van der Waals surface area contributed by atoms with Crippen molar-refractivity contribution in [3.8, 4) is 0 Å². The fraction of sp³-hybridized carbons (Fsp3) is 0.222. The van der Waals surface area contributed by atoms with Gasteiger partial charge in [0.15, 0.2) is 0 Å². The Morgan fingerprint density at radius 2 is 1.37 bits per heavy atom. The Hall–Kier alpha value is -3.33. The van der Waals surface area contributed by atoms with Crippen LogP contribution in [0.3, 0.4) is 0 Å². The van der Waals surface area contributed by atoms with Gasteiger partial charge in [0.2, 0.25) is 5.91 Å². The summed E-state index contributed by atoms with van der Waals surface area (Å²) in [6.07, 6.45) is 2.78. The molecule has 1 atom stereocenters. The van der Waals surface area contributed by atoms with Crippen LogP contribution in [0.5, 0.6) is 0 Å². The SMILES string of the molecule is CC=C(NNC(=O)C1CC1(c1ccc(C)cc1)c1ccc(C)cc1)c1ccccc1. The Balaban J connectivity index is 1.56. The number of hydrogen-bond acceptors (Lipinski definition) is 2. The van der Waals surface area contributed by atoms with E-state index in [2.05, 4.69) is 73.2 Å². The van der Waals surface area contributed by atoms with Crippen molar-refractivity contribution in [2.24, 2.45) is 5.92 Å². The molecule has 1 amide bonds. The lowest BCUT2D eigenvalue weighted by Crippen LogP contribution is -2.38. The van der Waals surface area contributed by atoms with E-state index >= 15 is 0 Å². The third-order valence-electron chi connectivity index (χ3n) is 6.10. The van der Waals surface area contributed by atoms with E-state index in [1.54, 1.807) is 0 Å². The lowest BCUT2D eigenvalue weighted by molar-refractivity contribution is -0.123. The minimum atomic E-state index is -0.268. The fourth-order valence-corrected chi connectivity index (χ4v) is 4.23. The van der Waals surface area contributed by atoms with Crippen molar-refractivity contribution in [1.29, 1.82) is 0 Å². The zero-order valence-electron chi connectivity index (χ0n) is 17.8. The molecule has 3 aromatic rings. The topological polar surface area (TPSA) is 41.1 Å². The monoisotopic (exact) mass is 396 g/mol. The number of amides is 1. The highest BCUT2D eigenvalue weighted by molar-refractivity contribution is 5.86. The number of allylic oxidation sites excluding steroid dienone is 1. The van der Waals surface area contributed by atoms with E-state index in [9.17, 15) is 4.79 Å². The highest BCUT2D eigenvalue weighted by Gasteiger charge is 2.60. The summed E-state index contributed by atoms with van der Waals surface area (Å²) in [4.78, 5) is 13.2. The second-order valence-corrected chi connectivity index (χ2v) is 8.14. The van der Waals surface area contributed by atoms with Crippen LogP contribution < -0.4 is 10.9 Å². The first kappa shape index (κ1) is 20.0. The molecule has 0 radical (unpaired) electrons. The Bertz CT molecular complexity index is 1000. The van der Waals surface area contributed by atoms with Crippen molar-refractivity contribution in [2.75, 3.05) is 0 Å². The zero-order chi connectivity index (χ0) is 21.1. The molecule has 3 aromatic carbocycles. The summed E-state index contributed by atoms with van der Waals surface area (Å²) in [7, 11) is 0. The molecule has 1 unspecified atom stereocenters.